The van der Waals surface area contributed by atoms with Crippen LogP contribution in [0.15, 0.2) is 42.9 Å². The molecular formula is C9H9N3. The lowest BCUT2D eigenvalue weighted by Crippen LogP contribution is -1.99. The summed E-state index contributed by atoms with van der Waals surface area (Å²) in [6.07, 6.45) is 5.70. The van der Waals surface area contributed by atoms with Crippen LogP contribution >= 0.6 is 0 Å². The molecule has 60 valence electrons. The first-order valence-electron chi connectivity index (χ1n) is 3.82. The van der Waals surface area contributed by atoms with Gasteiger partial charge in [0.15, 0.2) is 0 Å². The summed E-state index contributed by atoms with van der Waals surface area (Å²) in [6, 6.07) is 7.85. The number of hydrogen-bond acceptors (Lipinski definition) is 2. The molecule has 0 saturated carbocycles. The minimum absolute atomic E-state index is 0.792. The smallest absolute Gasteiger partial charge is 0.0828 e. The molecule has 0 saturated heterocycles. The normalized spacial score (nSPS) is 10.0. The van der Waals surface area contributed by atoms with Crippen molar-refractivity contribution in [2.75, 3.05) is 0 Å². The van der Waals surface area contributed by atoms with Crippen molar-refractivity contribution in [1.29, 1.82) is 0 Å². The quantitative estimate of drug-likeness (QED) is 0.661. The number of rotatable bonds is 2. The molecule has 0 aliphatic carbocycles. The van der Waals surface area contributed by atoms with E-state index in [1.165, 1.54) is 0 Å². The monoisotopic (exact) mass is 159 g/mol. The molecule has 0 radical (unpaired) electrons. The molecule has 0 unspecified atom stereocenters. The van der Waals surface area contributed by atoms with Gasteiger partial charge >= 0.3 is 0 Å². The summed E-state index contributed by atoms with van der Waals surface area (Å²) in [6.45, 7) is 0.792. The largest absolute Gasteiger partial charge is 0.348 e. The van der Waals surface area contributed by atoms with Gasteiger partial charge in [0.05, 0.1) is 12.2 Å². The molecule has 0 aliphatic rings. The summed E-state index contributed by atoms with van der Waals surface area (Å²) in [7, 11) is 0. The average molecular weight is 159 g/mol. The molecule has 0 aromatic carbocycles. The first-order chi connectivity index (χ1) is 5.95. The molecule has 2 aromatic heterocycles. The summed E-state index contributed by atoms with van der Waals surface area (Å²) in [5.41, 5.74) is 0.980. The van der Waals surface area contributed by atoms with Gasteiger partial charge in [-0.3, -0.25) is 0 Å². The van der Waals surface area contributed by atoms with Crippen LogP contribution in [-0.4, -0.2) is 14.8 Å². The Morgan fingerprint density at radius 3 is 2.67 bits per heavy atom. The van der Waals surface area contributed by atoms with Gasteiger partial charge in [-0.15, -0.1) is 0 Å². The summed E-state index contributed by atoms with van der Waals surface area (Å²) in [5.74, 6) is 0. The van der Waals surface area contributed by atoms with Gasteiger partial charge in [0.1, 0.15) is 0 Å². The molecule has 3 heteroatoms. The Hall–Kier alpha value is -1.64. The topological polar surface area (TPSA) is 30.7 Å². The van der Waals surface area contributed by atoms with Crippen LogP contribution < -0.4 is 0 Å². The van der Waals surface area contributed by atoms with Crippen LogP contribution in [0.2, 0.25) is 0 Å². The lowest BCUT2D eigenvalue weighted by molar-refractivity contribution is 0.758. The highest BCUT2D eigenvalue weighted by Gasteiger charge is 1.92. The van der Waals surface area contributed by atoms with E-state index in [9.17, 15) is 0 Å². The van der Waals surface area contributed by atoms with Gasteiger partial charge in [-0.05, 0) is 24.3 Å². The lowest BCUT2D eigenvalue weighted by atomic mass is 10.4. The molecule has 0 aliphatic heterocycles. The van der Waals surface area contributed by atoms with Crippen molar-refractivity contribution in [2.45, 2.75) is 6.54 Å². The van der Waals surface area contributed by atoms with E-state index in [0.717, 1.165) is 12.2 Å². The maximum Gasteiger partial charge on any atom is 0.0828 e. The van der Waals surface area contributed by atoms with Crippen LogP contribution in [0.3, 0.4) is 0 Å². The van der Waals surface area contributed by atoms with Gasteiger partial charge in [-0.1, -0.05) is 0 Å². The van der Waals surface area contributed by atoms with E-state index in [1.807, 2.05) is 36.7 Å². The molecular weight excluding hydrogens is 150 g/mol. The second kappa shape index (κ2) is 3.17. The van der Waals surface area contributed by atoms with Crippen LogP contribution in [0.5, 0.6) is 0 Å². The Bertz CT molecular complexity index is 326. The fourth-order valence-electron chi connectivity index (χ4n) is 1.08. The van der Waals surface area contributed by atoms with Crippen LogP contribution in [-0.2, 0) is 6.54 Å². The van der Waals surface area contributed by atoms with Crippen molar-refractivity contribution in [1.82, 2.24) is 14.8 Å². The standard InChI is InChI=1S/C9H9N3/c1-2-7-12(6-1)8-9-4-3-5-10-11-9/h1-7H,8H2. The summed E-state index contributed by atoms with van der Waals surface area (Å²) >= 11 is 0. The summed E-state index contributed by atoms with van der Waals surface area (Å²) in [5, 5.41) is 7.78. The molecule has 0 spiro atoms. The number of hydrogen-bond donors (Lipinski definition) is 0. The van der Waals surface area contributed by atoms with Crippen molar-refractivity contribution in [2.24, 2.45) is 0 Å². The molecule has 0 N–H and O–H groups in total. The average Bonchev–Trinajstić information content (AvgIpc) is 2.59. The second-order valence-corrected chi connectivity index (χ2v) is 2.57. The van der Waals surface area contributed by atoms with Crippen molar-refractivity contribution in [3.05, 3.63) is 48.5 Å². The SMILES string of the molecule is c1cnnc(Cn2cccc2)c1. The van der Waals surface area contributed by atoms with E-state index >= 15 is 0 Å². The third kappa shape index (κ3) is 1.50. The first kappa shape index (κ1) is 7.03. The van der Waals surface area contributed by atoms with Crippen LogP contribution in [0.1, 0.15) is 5.69 Å². The zero-order chi connectivity index (χ0) is 8.23. The first-order valence-corrected chi connectivity index (χ1v) is 3.82. The Balaban J connectivity index is 2.15. The van der Waals surface area contributed by atoms with Crippen molar-refractivity contribution in [3.8, 4) is 0 Å². The number of nitrogens with zero attached hydrogens (tertiary/aromatic N) is 3. The van der Waals surface area contributed by atoms with E-state index in [-0.39, 0.29) is 0 Å². The molecule has 0 amide bonds. The Labute approximate surface area is 70.7 Å². The van der Waals surface area contributed by atoms with Crippen molar-refractivity contribution >= 4 is 0 Å². The third-order valence-electron chi connectivity index (χ3n) is 1.64. The zero-order valence-corrected chi connectivity index (χ0v) is 6.59. The molecule has 2 rings (SSSR count). The highest BCUT2D eigenvalue weighted by atomic mass is 15.1. The molecule has 0 bridgehead atoms. The zero-order valence-electron chi connectivity index (χ0n) is 6.59. The van der Waals surface area contributed by atoms with Gasteiger partial charge in [0, 0.05) is 18.6 Å². The Morgan fingerprint density at radius 2 is 2.00 bits per heavy atom. The van der Waals surface area contributed by atoms with Gasteiger partial charge in [-0.25, -0.2) is 0 Å². The fraction of sp³-hybridized carbons (Fsp3) is 0.111. The highest BCUT2D eigenvalue weighted by Crippen LogP contribution is 1.97. The van der Waals surface area contributed by atoms with Gasteiger partial charge in [0.25, 0.3) is 0 Å². The van der Waals surface area contributed by atoms with Gasteiger partial charge in [0.2, 0.25) is 0 Å². The van der Waals surface area contributed by atoms with E-state index in [4.69, 9.17) is 0 Å². The Morgan fingerprint density at radius 1 is 1.17 bits per heavy atom. The highest BCUT2D eigenvalue weighted by molar-refractivity contribution is 5.02. The minimum Gasteiger partial charge on any atom is -0.348 e. The van der Waals surface area contributed by atoms with Crippen molar-refractivity contribution in [3.63, 3.8) is 0 Å². The molecule has 3 nitrogen and oxygen atoms in total. The van der Waals surface area contributed by atoms with E-state index < -0.39 is 0 Å². The molecule has 0 atom stereocenters. The van der Waals surface area contributed by atoms with Crippen LogP contribution in [0.25, 0.3) is 0 Å². The maximum absolute atomic E-state index is 3.98. The summed E-state index contributed by atoms with van der Waals surface area (Å²) in [4.78, 5) is 0. The Kier molecular flexibility index (Phi) is 1.86. The molecule has 2 heterocycles. The maximum atomic E-state index is 3.98. The van der Waals surface area contributed by atoms with E-state index in [1.54, 1.807) is 6.20 Å². The predicted octanol–water partition coefficient (Wildman–Crippen LogP) is 1.33. The summed E-state index contributed by atoms with van der Waals surface area (Å²) < 4.78 is 2.06. The molecule has 0 fully saturated rings. The predicted molar refractivity (Wildman–Crippen MR) is 45.6 cm³/mol. The lowest BCUT2D eigenvalue weighted by Gasteiger charge is -1.99. The molecule has 2 aromatic rings. The second-order valence-electron chi connectivity index (χ2n) is 2.57. The third-order valence-corrected chi connectivity index (χ3v) is 1.64. The van der Waals surface area contributed by atoms with Gasteiger partial charge in [-0.2, -0.15) is 10.2 Å². The fourth-order valence-corrected chi connectivity index (χ4v) is 1.08. The van der Waals surface area contributed by atoms with Gasteiger partial charge < -0.3 is 4.57 Å². The number of aromatic nitrogens is 3. The van der Waals surface area contributed by atoms with Crippen LogP contribution in [0, 0.1) is 0 Å². The van der Waals surface area contributed by atoms with E-state index in [0.29, 0.717) is 0 Å². The molecule has 12 heavy (non-hydrogen) atoms. The minimum atomic E-state index is 0.792. The van der Waals surface area contributed by atoms with Crippen molar-refractivity contribution < 1.29 is 0 Å². The van der Waals surface area contributed by atoms with E-state index in [2.05, 4.69) is 14.8 Å². The van der Waals surface area contributed by atoms with Crippen LogP contribution in [0.4, 0.5) is 0 Å².